The Balaban J connectivity index is 1.85. The van der Waals surface area contributed by atoms with Gasteiger partial charge in [-0.15, -0.1) is 11.3 Å². The van der Waals surface area contributed by atoms with Crippen LogP contribution in [0.3, 0.4) is 0 Å². The van der Waals surface area contributed by atoms with Crippen LogP contribution in [-0.4, -0.2) is 39.2 Å². The van der Waals surface area contributed by atoms with E-state index in [1.807, 2.05) is 11.4 Å². The van der Waals surface area contributed by atoms with Gasteiger partial charge in [-0.1, -0.05) is 0 Å². The van der Waals surface area contributed by atoms with Gasteiger partial charge in [-0.05, 0) is 17.9 Å². The lowest BCUT2D eigenvalue weighted by molar-refractivity contribution is 0.174. The Morgan fingerprint density at radius 1 is 1.53 bits per heavy atom. The zero-order valence-corrected chi connectivity index (χ0v) is 10.2. The molecule has 17 heavy (non-hydrogen) atoms. The SMILES string of the molecule is Nc1nc(CN2CCC(O)C2)nc2sccc12. The molecule has 1 aliphatic heterocycles. The highest BCUT2D eigenvalue weighted by Gasteiger charge is 2.21. The first-order chi connectivity index (χ1) is 8.22. The van der Waals surface area contributed by atoms with Crippen LogP contribution in [0.1, 0.15) is 12.2 Å². The van der Waals surface area contributed by atoms with Gasteiger partial charge in [-0.3, -0.25) is 4.90 Å². The summed E-state index contributed by atoms with van der Waals surface area (Å²) in [7, 11) is 0. The molecule has 6 heteroatoms. The van der Waals surface area contributed by atoms with Crippen LogP contribution in [0.15, 0.2) is 11.4 Å². The molecule has 1 atom stereocenters. The van der Waals surface area contributed by atoms with Gasteiger partial charge in [0.25, 0.3) is 0 Å². The van der Waals surface area contributed by atoms with Gasteiger partial charge in [0, 0.05) is 13.1 Å². The molecule has 1 saturated heterocycles. The fraction of sp³-hybridized carbons (Fsp3) is 0.455. The quantitative estimate of drug-likeness (QED) is 0.826. The van der Waals surface area contributed by atoms with Crippen molar-refractivity contribution < 1.29 is 5.11 Å². The molecule has 0 bridgehead atoms. The monoisotopic (exact) mass is 250 g/mol. The van der Waals surface area contributed by atoms with E-state index in [0.29, 0.717) is 18.9 Å². The Labute approximate surface area is 103 Å². The van der Waals surface area contributed by atoms with Crippen molar-refractivity contribution in [2.24, 2.45) is 0 Å². The number of aromatic nitrogens is 2. The molecule has 3 rings (SSSR count). The summed E-state index contributed by atoms with van der Waals surface area (Å²) in [6.07, 6.45) is 0.620. The minimum absolute atomic E-state index is 0.210. The van der Waals surface area contributed by atoms with Crippen LogP contribution in [0.5, 0.6) is 0 Å². The predicted octanol–water partition coefficient (Wildman–Crippen LogP) is 0.840. The highest BCUT2D eigenvalue weighted by Crippen LogP contribution is 2.23. The number of rotatable bonds is 2. The highest BCUT2D eigenvalue weighted by molar-refractivity contribution is 7.16. The smallest absolute Gasteiger partial charge is 0.146 e. The lowest BCUT2D eigenvalue weighted by atomic mass is 10.3. The van der Waals surface area contributed by atoms with E-state index in [1.54, 1.807) is 11.3 Å². The van der Waals surface area contributed by atoms with E-state index < -0.39 is 0 Å². The summed E-state index contributed by atoms with van der Waals surface area (Å²) in [5.41, 5.74) is 5.89. The van der Waals surface area contributed by atoms with Crippen LogP contribution >= 0.6 is 11.3 Å². The lowest BCUT2D eigenvalue weighted by Gasteiger charge is -2.13. The van der Waals surface area contributed by atoms with Gasteiger partial charge in [0.1, 0.15) is 16.5 Å². The van der Waals surface area contributed by atoms with E-state index in [-0.39, 0.29) is 6.10 Å². The topological polar surface area (TPSA) is 75.3 Å². The third kappa shape index (κ3) is 2.11. The van der Waals surface area contributed by atoms with Crippen molar-refractivity contribution in [3.05, 3.63) is 17.3 Å². The maximum Gasteiger partial charge on any atom is 0.146 e. The van der Waals surface area contributed by atoms with Crippen LogP contribution in [0.25, 0.3) is 10.2 Å². The number of likely N-dealkylation sites (tertiary alicyclic amines) is 1. The van der Waals surface area contributed by atoms with Crippen LogP contribution in [0, 0.1) is 0 Å². The minimum atomic E-state index is -0.210. The fourth-order valence-corrected chi connectivity index (χ4v) is 2.94. The zero-order valence-electron chi connectivity index (χ0n) is 9.33. The maximum atomic E-state index is 9.47. The Morgan fingerprint density at radius 3 is 3.18 bits per heavy atom. The Bertz CT molecular complexity index is 541. The normalized spacial score (nSPS) is 21.4. The van der Waals surface area contributed by atoms with Crippen molar-refractivity contribution in [1.29, 1.82) is 0 Å². The van der Waals surface area contributed by atoms with E-state index in [2.05, 4.69) is 14.9 Å². The molecular formula is C11H14N4OS. The summed E-state index contributed by atoms with van der Waals surface area (Å²) in [4.78, 5) is 11.9. The Morgan fingerprint density at radius 2 is 2.41 bits per heavy atom. The van der Waals surface area contributed by atoms with Crippen LogP contribution in [0.4, 0.5) is 5.82 Å². The van der Waals surface area contributed by atoms with Crippen molar-refractivity contribution in [2.75, 3.05) is 18.8 Å². The summed E-state index contributed by atoms with van der Waals surface area (Å²) in [5, 5.41) is 12.4. The van der Waals surface area contributed by atoms with Crippen molar-refractivity contribution in [1.82, 2.24) is 14.9 Å². The van der Waals surface area contributed by atoms with Crippen molar-refractivity contribution >= 4 is 27.4 Å². The third-order valence-electron chi connectivity index (χ3n) is 3.01. The largest absolute Gasteiger partial charge is 0.392 e. The summed E-state index contributed by atoms with van der Waals surface area (Å²) in [6.45, 7) is 2.26. The first kappa shape index (κ1) is 10.9. The molecule has 0 aliphatic carbocycles. The summed E-state index contributed by atoms with van der Waals surface area (Å²) >= 11 is 1.58. The molecule has 5 nitrogen and oxygen atoms in total. The van der Waals surface area contributed by atoms with Crippen LogP contribution in [-0.2, 0) is 6.54 Å². The zero-order chi connectivity index (χ0) is 11.8. The molecule has 0 radical (unpaired) electrons. The molecule has 0 aromatic carbocycles. The Kier molecular flexibility index (Phi) is 2.70. The van der Waals surface area contributed by atoms with Crippen LogP contribution < -0.4 is 5.73 Å². The lowest BCUT2D eigenvalue weighted by Crippen LogP contribution is -2.22. The molecule has 2 aromatic heterocycles. The van der Waals surface area contributed by atoms with E-state index >= 15 is 0 Å². The second-order valence-electron chi connectivity index (χ2n) is 4.34. The van der Waals surface area contributed by atoms with E-state index in [1.165, 1.54) is 0 Å². The molecule has 0 saturated carbocycles. The fourth-order valence-electron chi connectivity index (χ4n) is 2.15. The molecule has 3 N–H and O–H groups in total. The molecule has 2 aromatic rings. The number of β-amino-alcohol motifs (C(OH)–C–C–N with tert-alkyl or cyclic N) is 1. The number of hydrogen-bond acceptors (Lipinski definition) is 6. The van der Waals surface area contributed by atoms with Gasteiger partial charge >= 0.3 is 0 Å². The molecular weight excluding hydrogens is 236 g/mol. The van der Waals surface area contributed by atoms with Crippen molar-refractivity contribution in [2.45, 2.75) is 19.1 Å². The maximum absolute atomic E-state index is 9.47. The van der Waals surface area contributed by atoms with Crippen molar-refractivity contribution in [3.63, 3.8) is 0 Å². The Hall–Kier alpha value is -1.24. The number of thiophene rings is 1. The first-order valence-corrected chi connectivity index (χ1v) is 6.50. The van der Waals surface area contributed by atoms with E-state index in [9.17, 15) is 5.11 Å². The second kappa shape index (κ2) is 4.21. The van der Waals surface area contributed by atoms with E-state index in [0.717, 1.165) is 29.0 Å². The summed E-state index contributed by atoms with van der Waals surface area (Å²) in [6, 6.07) is 1.94. The molecule has 1 aliphatic rings. The van der Waals surface area contributed by atoms with Gasteiger partial charge in [-0.2, -0.15) is 0 Å². The molecule has 3 heterocycles. The average Bonchev–Trinajstić information content (AvgIpc) is 2.87. The molecule has 1 fully saturated rings. The third-order valence-corrected chi connectivity index (χ3v) is 3.82. The number of nitrogen functional groups attached to an aromatic ring is 1. The number of nitrogens with zero attached hydrogens (tertiary/aromatic N) is 3. The number of aliphatic hydroxyl groups is 1. The standard InChI is InChI=1S/C11H14N4OS/c12-10-8-2-4-17-11(8)14-9(13-10)6-15-3-1-7(16)5-15/h2,4,7,16H,1,3,5-6H2,(H2,12,13,14). The predicted molar refractivity (Wildman–Crippen MR) is 67.7 cm³/mol. The molecule has 0 amide bonds. The first-order valence-electron chi connectivity index (χ1n) is 5.62. The summed E-state index contributed by atoms with van der Waals surface area (Å²) < 4.78 is 0. The van der Waals surface area contributed by atoms with Gasteiger partial charge in [0.05, 0.1) is 18.0 Å². The molecule has 1 unspecified atom stereocenters. The van der Waals surface area contributed by atoms with Gasteiger partial charge in [0.2, 0.25) is 0 Å². The van der Waals surface area contributed by atoms with Gasteiger partial charge in [-0.25, -0.2) is 9.97 Å². The minimum Gasteiger partial charge on any atom is -0.392 e. The summed E-state index contributed by atoms with van der Waals surface area (Å²) in [5.74, 6) is 1.29. The number of anilines is 1. The number of hydrogen-bond donors (Lipinski definition) is 2. The average molecular weight is 250 g/mol. The van der Waals surface area contributed by atoms with Gasteiger partial charge < -0.3 is 10.8 Å². The number of nitrogens with two attached hydrogens (primary N) is 1. The molecule has 90 valence electrons. The van der Waals surface area contributed by atoms with Crippen molar-refractivity contribution in [3.8, 4) is 0 Å². The highest BCUT2D eigenvalue weighted by atomic mass is 32.1. The number of aliphatic hydroxyl groups excluding tert-OH is 1. The van der Waals surface area contributed by atoms with E-state index in [4.69, 9.17) is 5.73 Å². The molecule has 0 spiro atoms. The second-order valence-corrected chi connectivity index (χ2v) is 5.24. The van der Waals surface area contributed by atoms with Crippen LogP contribution in [0.2, 0.25) is 0 Å². The van der Waals surface area contributed by atoms with Gasteiger partial charge in [0.15, 0.2) is 0 Å². The number of fused-ring (bicyclic) bond motifs is 1.